The highest BCUT2D eigenvalue weighted by atomic mass is 16.6. The molecular weight excluding hydrogens is 252 g/mol. The first-order chi connectivity index (χ1) is 9.35. The summed E-state index contributed by atoms with van der Waals surface area (Å²) in [5, 5.41) is 2.81. The van der Waals surface area contributed by atoms with Crippen LogP contribution in [0.5, 0.6) is 0 Å². The third-order valence-electron chi connectivity index (χ3n) is 3.28. The van der Waals surface area contributed by atoms with Crippen molar-refractivity contribution in [3.63, 3.8) is 0 Å². The number of fused-ring (bicyclic) bond motifs is 1. The Labute approximate surface area is 121 Å². The summed E-state index contributed by atoms with van der Waals surface area (Å²) in [7, 11) is 0. The lowest BCUT2D eigenvalue weighted by molar-refractivity contribution is 0.0529. The molecule has 1 aliphatic heterocycles. The van der Waals surface area contributed by atoms with Gasteiger partial charge in [0.05, 0.1) is 0 Å². The molecule has 0 bridgehead atoms. The van der Waals surface area contributed by atoms with Gasteiger partial charge in [0.2, 0.25) is 0 Å². The van der Waals surface area contributed by atoms with Gasteiger partial charge in [-0.3, -0.25) is 0 Å². The molecular formula is C16H24N2O2. The number of ether oxygens (including phenoxy) is 1. The van der Waals surface area contributed by atoms with Gasteiger partial charge in [0.1, 0.15) is 5.60 Å². The van der Waals surface area contributed by atoms with Crippen LogP contribution in [0.3, 0.4) is 0 Å². The van der Waals surface area contributed by atoms with E-state index in [1.165, 1.54) is 16.8 Å². The number of nitrogens with one attached hydrogen (secondary N) is 1. The Morgan fingerprint density at radius 1 is 1.40 bits per heavy atom. The molecule has 0 atom stereocenters. The first-order valence-electron chi connectivity index (χ1n) is 7.16. The van der Waals surface area contributed by atoms with Crippen LogP contribution in [0.4, 0.5) is 10.5 Å². The monoisotopic (exact) mass is 276 g/mol. The second-order valence-corrected chi connectivity index (χ2v) is 6.30. The highest BCUT2D eigenvalue weighted by molar-refractivity contribution is 5.67. The quantitative estimate of drug-likeness (QED) is 0.923. The van der Waals surface area contributed by atoms with Gasteiger partial charge < -0.3 is 15.0 Å². The zero-order chi connectivity index (χ0) is 14.8. The third kappa shape index (κ3) is 3.89. The van der Waals surface area contributed by atoms with Gasteiger partial charge in [-0.1, -0.05) is 12.1 Å². The summed E-state index contributed by atoms with van der Waals surface area (Å²) in [5.41, 5.74) is 3.53. The van der Waals surface area contributed by atoms with Crippen molar-refractivity contribution in [2.75, 3.05) is 24.5 Å². The minimum atomic E-state index is -0.443. The number of hydrogen-bond acceptors (Lipinski definition) is 3. The van der Waals surface area contributed by atoms with E-state index in [1.807, 2.05) is 20.8 Å². The zero-order valence-corrected chi connectivity index (χ0v) is 12.8. The van der Waals surface area contributed by atoms with Crippen LogP contribution >= 0.6 is 0 Å². The first-order valence-corrected chi connectivity index (χ1v) is 7.16. The minimum Gasteiger partial charge on any atom is -0.444 e. The first kappa shape index (κ1) is 14.7. The second kappa shape index (κ2) is 5.73. The van der Waals surface area contributed by atoms with E-state index in [0.717, 1.165) is 19.5 Å². The van der Waals surface area contributed by atoms with Crippen LogP contribution < -0.4 is 10.2 Å². The zero-order valence-electron chi connectivity index (χ0n) is 12.8. The van der Waals surface area contributed by atoms with E-state index in [1.54, 1.807) is 0 Å². The lowest BCUT2D eigenvalue weighted by Crippen LogP contribution is -2.37. The fraction of sp³-hybridized carbons (Fsp3) is 0.562. The maximum Gasteiger partial charge on any atom is 0.407 e. The molecule has 0 saturated heterocycles. The maximum atomic E-state index is 11.6. The number of amides is 1. The van der Waals surface area contributed by atoms with Crippen LogP contribution in [0.1, 0.15) is 31.9 Å². The third-order valence-corrected chi connectivity index (χ3v) is 3.28. The molecule has 1 amide bonds. The van der Waals surface area contributed by atoms with Crippen molar-refractivity contribution in [3.8, 4) is 0 Å². The molecule has 1 N–H and O–H groups in total. The van der Waals surface area contributed by atoms with Gasteiger partial charge in [-0.15, -0.1) is 0 Å². The van der Waals surface area contributed by atoms with Crippen molar-refractivity contribution in [1.82, 2.24) is 5.32 Å². The molecule has 0 aromatic heterocycles. The Morgan fingerprint density at radius 2 is 2.15 bits per heavy atom. The molecule has 2 rings (SSSR count). The number of hydrogen-bond donors (Lipinski definition) is 1. The Bertz CT molecular complexity index is 492. The van der Waals surface area contributed by atoms with Crippen LogP contribution in [0.15, 0.2) is 18.2 Å². The molecule has 110 valence electrons. The van der Waals surface area contributed by atoms with Gasteiger partial charge in [0, 0.05) is 25.3 Å². The number of alkyl carbamates (subject to hydrolysis) is 1. The van der Waals surface area contributed by atoms with E-state index in [9.17, 15) is 4.79 Å². The smallest absolute Gasteiger partial charge is 0.407 e. The second-order valence-electron chi connectivity index (χ2n) is 6.30. The summed E-state index contributed by atoms with van der Waals surface area (Å²) < 4.78 is 5.22. The van der Waals surface area contributed by atoms with Gasteiger partial charge in [-0.25, -0.2) is 4.79 Å². The minimum absolute atomic E-state index is 0.346. The molecule has 1 aromatic rings. The number of carbonyl (C=O) groups is 1. The van der Waals surface area contributed by atoms with Gasteiger partial charge in [0.25, 0.3) is 0 Å². The molecule has 0 fully saturated rings. The van der Waals surface area contributed by atoms with E-state index in [2.05, 4.69) is 35.3 Å². The number of benzene rings is 1. The van der Waals surface area contributed by atoms with Crippen LogP contribution in [-0.2, 0) is 11.2 Å². The van der Waals surface area contributed by atoms with Crippen LogP contribution in [-0.4, -0.2) is 31.3 Å². The molecule has 20 heavy (non-hydrogen) atoms. The Kier molecular flexibility index (Phi) is 4.21. The SMILES string of the molecule is Cc1ccc2c(c1)N(CCNC(=O)OC(C)(C)C)CC2. The fourth-order valence-corrected chi connectivity index (χ4v) is 2.39. The summed E-state index contributed by atoms with van der Waals surface area (Å²) in [6.45, 7) is 10.1. The molecule has 0 spiro atoms. The van der Waals surface area contributed by atoms with E-state index in [4.69, 9.17) is 4.74 Å². The average Bonchev–Trinajstić information content (AvgIpc) is 2.69. The van der Waals surface area contributed by atoms with E-state index in [-0.39, 0.29) is 6.09 Å². The van der Waals surface area contributed by atoms with Gasteiger partial charge in [-0.05, 0) is 51.3 Å². The Morgan fingerprint density at radius 3 is 2.85 bits per heavy atom. The number of aryl methyl sites for hydroxylation is 1. The lowest BCUT2D eigenvalue weighted by atomic mass is 10.1. The number of rotatable bonds is 3. The van der Waals surface area contributed by atoms with E-state index in [0.29, 0.717) is 6.54 Å². The summed E-state index contributed by atoms with van der Waals surface area (Å²) >= 11 is 0. The molecule has 0 radical (unpaired) electrons. The molecule has 1 aromatic carbocycles. The summed E-state index contributed by atoms with van der Waals surface area (Å²) in [4.78, 5) is 13.9. The molecule has 0 unspecified atom stereocenters. The van der Waals surface area contributed by atoms with Gasteiger partial charge >= 0.3 is 6.09 Å². The molecule has 1 aliphatic rings. The predicted molar refractivity (Wildman–Crippen MR) is 81.3 cm³/mol. The Balaban J connectivity index is 1.82. The van der Waals surface area contributed by atoms with Crippen molar-refractivity contribution < 1.29 is 9.53 Å². The van der Waals surface area contributed by atoms with Crippen molar-refractivity contribution in [2.45, 2.75) is 39.7 Å². The van der Waals surface area contributed by atoms with Gasteiger partial charge in [0.15, 0.2) is 0 Å². The van der Waals surface area contributed by atoms with Crippen molar-refractivity contribution in [1.29, 1.82) is 0 Å². The highest BCUT2D eigenvalue weighted by Gasteiger charge is 2.19. The highest BCUT2D eigenvalue weighted by Crippen LogP contribution is 2.28. The van der Waals surface area contributed by atoms with Crippen LogP contribution in [0.25, 0.3) is 0 Å². The number of nitrogens with zero attached hydrogens (tertiary/aromatic N) is 1. The summed E-state index contributed by atoms with van der Waals surface area (Å²) in [5.74, 6) is 0. The van der Waals surface area contributed by atoms with Crippen molar-refractivity contribution in [3.05, 3.63) is 29.3 Å². The molecule has 1 heterocycles. The normalized spacial score (nSPS) is 14.1. The topological polar surface area (TPSA) is 41.6 Å². The van der Waals surface area contributed by atoms with E-state index < -0.39 is 5.60 Å². The predicted octanol–water partition coefficient (Wildman–Crippen LogP) is 2.88. The molecule has 0 saturated carbocycles. The number of carbonyl (C=O) groups excluding carboxylic acids is 1. The fourth-order valence-electron chi connectivity index (χ4n) is 2.39. The standard InChI is InChI=1S/C16H24N2O2/c1-12-5-6-13-7-9-18(14(13)11-12)10-8-17-15(19)20-16(2,3)4/h5-6,11H,7-10H2,1-4H3,(H,17,19). The number of anilines is 1. The average molecular weight is 276 g/mol. The largest absolute Gasteiger partial charge is 0.444 e. The molecule has 4 nitrogen and oxygen atoms in total. The van der Waals surface area contributed by atoms with Gasteiger partial charge in [-0.2, -0.15) is 0 Å². The maximum absolute atomic E-state index is 11.6. The van der Waals surface area contributed by atoms with E-state index >= 15 is 0 Å². The van der Waals surface area contributed by atoms with Crippen molar-refractivity contribution >= 4 is 11.8 Å². The van der Waals surface area contributed by atoms with Crippen molar-refractivity contribution in [2.24, 2.45) is 0 Å². The lowest BCUT2D eigenvalue weighted by Gasteiger charge is -2.22. The van der Waals surface area contributed by atoms with Crippen LogP contribution in [0.2, 0.25) is 0 Å². The van der Waals surface area contributed by atoms with Crippen LogP contribution in [0, 0.1) is 6.92 Å². The summed E-state index contributed by atoms with van der Waals surface area (Å²) in [6.07, 6.45) is 0.739. The Hall–Kier alpha value is -1.71. The molecule has 4 heteroatoms. The molecule has 0 aliphatic carbocycles. The summed E-state index contributed by atoms with van der Waals surface area (Å²) in [6, 6.07) is 6.57.